The van der Waals surface area contributed by atoms with Gasteiger partial charge in [0.2, 0.25) is 17.6 Å². The number of aromatic nitrogens is 4. The van der Waals surface area contributed by atoms with Crippen molar-refractivity contribution in [3.05, 3.63) is 83.4 Å². The minimum Gasteiger partial charge on any atom is -0.349 e. The maximum Gasteiger partial charge on any atom is 0.251 e. The summed E-state index contributed by atoms with van der Waals surface area (Å²) in [4.78, 5) is 42.9. The lowest BCUT2D eigenvalue weighted by Crippen LogP contribution is -2.51. The Bertz CT molecular complexity index is 1880. The standard InChI is InChI=1S/C42H55N9O3/c1-26-22-32(40(53)46-37-21-19-34(51(4)5)24-42(37,2)3)16-20-35(26)29-10-6-27(7-11-29)23-36(45-39(52)31-12-8-28(25-43)9-13-31)41(54)44-33-17-14-30(15-18-33)38-47-49-50-48-38/h6-7,10-11,14-18,20,22,28,31,34,36-37H,8-9,12-13,19,21,23-25,43H2,1-5H3,(H,44,54)(H,45,52)(H,46,53)(H,47,48,49,50). The first kappa shape index (κ1) is 38.8. The lowest BCUT2D eigenvalue weighted by molar-refractivity contribution is -0.130. The molecule has 0 saturated heterocycles. The van der Waals surface area contributed by atoms with Crippen LogP contribution in [0.2, 0.25) is 0 Å². The number of benzene rings is 3. The number of nitrogens with two attached hydrogens (primary N) is 1. The molecule has 4 aromatic rings. The highest BCUT2D eigenvalue weighted by Gasteiger charge is 2.38. The van der Waals surface area contributed by atoms with Crippen LogP contribution < -0.4 is 21.7 Å². The zero-order chi connectivity index (χ0) is 38.4. The molecular weight excluding hydrogens is 679 g/mol. The fraction of sp³-hybridized carbons (Fsp3) is 0.476. The Morgan fingerprint density at radius 1 is 0.926 bits per heavy atom. The molecule has 2 aliphatic carbocycles. The number of anilines is 1. The molecule has 12 nitrogen and oxygen atoms in total. The highest BCUT2D eigenvalue weighted by Crippen LogP contribution is 2.37. The predicted octanol–water partition coefficient (Wildman–Crippen LogP) is 5.51. The van der Waals surface area contributed by atoms with Gasteiger partial charge in [0.15, 0.2) is 0 Å². The normalized spacial score (nSPS) is 21.6. The highest BCUT2D eigenvalue weighted by molar-refractivity contribution is 5.98. The lowest BCUT2D eigenvalue weighted by Gasteiger charge is -2.44. The van der Waals surface area contributed by atoms with E-state index in [0.717, 1.165) is 72.8 Å². The topological polar surface area (TPSA) is 171 Å². The van der Waals surface area contributed by atoms with Crippen LogP contribution in [-0.2, 0) is 16.0 Å². The lowest BCUT2D eigenvalue weighted by atomic mass is 9.71. The van der Waals surface area contributed by atoms with E-state index in [9.17, 15) is 14.4 Å². The van der Waals surface area contributed by atoms with Crippen LogP contribution >= 0.6 is 0 Å². The average molecular weight is 734 g/mol. The summed E-state index contributed by atoms with van der Waals surface area (Å²) in [6, 6.07) is 21.0. The number of hydrogen-bond donors (Lipinski definition) is 5. The van der Waals surface area contributed by atoms with Crippen molar-refractivity contribution in [1.29, 1.82) is 0 Å². The largest absolute Gasteiger partial charge is 0.349 e. The third-order valence-electron chi connectivity index (χ3n) is 11.7. The summed E-state index contributed by atoms with van der Waals surface area (Å²) in [5, 5.41) is 23.5. The smallest absolute Gasteiger partial charge is 0.251 e. The zero-order valence-electron chi connectivity index (χ0n) is 32.2. The molecule has 286 valence electrons. The Morgan fingerprint density at radius 3 is 2.24 bits per heavy atom. The summed E-state index contributed by atoms with van der Waals surface area (Å²) >= 11 is 0. The van der Waals surface area contributed by atoms with E-state index in [1.54, 1.807) is 12.1 Å². The summed E-state index contributed by atoms with van der Waals surface area (Å²) in [5.41, 5.74) is 11.9. The molecule has 1 heterocycles. The van der Waals surface area contributed by atoms with Crippen LogP contribution in [0.25, 0.3) is 22.5 Å². The van der Waals surface area contributed by atoms with Gasteiger partial charge in [0.05, 0.1) is 0 Å². The van der Waals surface area contributed by atoms with Crippen LogP contribution in [0.1, 0.15) is 80.3 Å². The molecule has 2 fully saturated rings. The van der Waals surface area contributed by atoms with Crippen molar-refractivity contribution in [1.82, 2.24) is 36.2 Å². The van der Waals surface area contributed by atoms with Gasteiger partial charge < -0.3 is 26.6 Å². The molecule has 3 amide bonds. The van der Waals surface area contributed by atoms with Crippen molar-refractivity contribution in [3.8, 4) is 22.5 Å². The molecule has 2 saturated carbocycles. The van der Waals surface area contributed by atoms with Gasteiger partial charge in [-0.15, -0.1) is 10.2 Å². The number of aromatic amines is 1. The summed E-state index contributed by atoms with van der Waals surface area (Å²) in [7, 11) is 4.26. The Hall–Kier alpha value is -4.94. The fourth-order valence-electron chi connectivity index (χ4n) is 8.11. The van der Waals surface area contributed by atoms with E-state index in [1.807, 2.05) is 61.5 Å². The molecular formula is C42H55N9O3. The van der Waals surface area contributed by atoms with E-state index in [2.05, 4.69) is 69.4 Å². The van der Waals surface area contributed by atoms with E-state index in [4.69, 9.17) is 5.73 Å². The van der Waals surface area contributed by atoms with E-state index in [1.165, 1.54) is 0 Å². The average Bonchev–Trinajstić information content (AvgIpc) is 3.71. The maximum absolute atomic E-state index is 13.8. The molecule has 0 bridgehead atoms. The number of carbonyl (C=O) groups is 3. The van der Waals surface area contributed by atoms with Crippen molar-refractivity contribution in [3.63, 3.8) is 0 Å². The number of tetrazole rings is 1. The van der Waals surface area contributed by atoms with E-state index < -0.39 is 6.04 Å². The second kappa shape index (κ2) is 17.0. The van der Waals surface area contributed by atoms with Crippen molar-refractivity contribution in [2.24, 2.45) is 23.0 Å². The van der Waals surface area contributed by atoms with E-state index >= 15 is 0 Å². The fourth-order valence-corrected chi connectivity index (χ4v) is 8.11. The Labute approximate surface area is 318 Å². The van der Waals surface area contributed by atoms with Gasteiger partial charge in [-0.1, -0.05) is 44.2 Å². The molecule has 12 heteroatoms. The Morgan fingerprint density at radius 2 is 1.63 bits per heavy atom. The molecule has 3 atom stereocenters. The van der Waals surface area contributed by atoms with E-state index in [0.29, 0.717) is 42.0 Å². The van der Waals surface area contributed by atoms with Crippen LogP contribution in [0.5, 0.6) is 0 Å². The molecule has 3 aromatic carbocycles. The maximum atomic E-state index is 13.8. The number of H-pyrrole nitrogens is 1. The summed E-state index contributed by atoms with van der Waals surface area (Å²) < 4.78 is 0. The van der Waals surface area contributed by atoms with Crippen LogP contribution in [-0.4, -0.2) is 82.0 Å². The highest BCUT2D eigenvalue weighted by atomic mass is 16.2. The quantitative estimate of drug-likeness (QED) is 0.127. The molecule has 2 aliphatic rings. The number of nitrogens with zero attached hydrogens (tertiary/aromatic N) is 4. The van der Waals surface area contributed by atoms with Crippen molar-refractivity contribution in [2.75, 3.05) is 26.0 Å². The summed E-state index contributed by atoms with van der Waals surface area (Å²) in [6.45, 7) is 7.16. The molecule has 0 radical (unpaired) electrons. The van der Waals surface area contributed by atoms with Gasteiger partial charge >= 0.3 is 0 Å². The SMILES string of the molecule is Cc1cc(C(=O)NC2CCC(N(C)C)CC2(C)C)ccc1-c1ccc(CC(NC(=O)C2CCC(CN)CC2)C(=O)Nc2ccc(-c3nn[nH]n3)cc2)cc1. The molecule has 0 aliphatic heterocycles. The van der Waals surface area contributed by atoms with E-state index in [-0.39, 0.29) is 35.1 Å². The number of hydrogen-bond acceptors (Lipinski definition) is 8. The van der Waals surface area contributed by atoms with Crippen LogP contribution in [0.15, 0.2) is 66.7 Å². The first-order valence-electron chi connectivity index (χ1n) is 19.2. The van der Waals surface area contributed by atoms with Gasteiger partial charge in [-0.05, 0) is 148 Å². The molecule has 6 rings (SSSR count). The van der Waals surface area contributed by atoms with Gasteiger partial charge in [0.1, 0.15) is 6.04 Å². The van der Waals surface area contributed by atoms with Crippen LogP contribution in [0.3, 0.4) is 0 Å². The Balaban J connectivity index is 1.12. The number of amides is 3. The molecule has 1 aromatic heterocycles. The second-order valence-corrected chi connectivity index (χ2v) is 16.2. The minimum absolute atomic E-state index is 0.00842. The monoisotopic (exact) mass is 733 g/mol. The number of carbonyl (C=O) groups excluding carboxylic acids is 3. The van der Waals surface area contributed by atoms with Gasteiger partial charge in [-0.3, -0.25) is 14.4 Å². The number of nitrogens with one attached hydrogen (secondary N) is 4. The predicted molar refractivity (Wildman–Crippen MR) is 211 cm³/mol. The van der Waals surface area contributed by atoms with Crippen LogP contribution in [0.4, 0.5) is 5.69 Å². The third kappa shape index (κ3) is 9.40. The molecule has 3 unspecified atom stereocenters. The summed E-state index contributed by atoms with van der Waals surface area (Å²) in [5.74, 6) is 0.332. The van der Waals surface area contributed by atoms with Crippen molar-refractivity contribution < 1.29 is 14.4 Å². The van der Waals surface area contributed by atoms with Gasteiger partial charge in [0, 0.05) is 41.2 Å². The molecule has 6 N–H and O–H groups in total. The van der Waals surface area contributed by atoms with Gasteiger partial charge in [-0.2, -0.15) is 5.21 Å². The van der Waals surface area contributed by atoms with Crippen LogP contribution in [0, 0.1) is 24.2 Å². The van der Waals surface area contributed by atoms with Crippen molar-refractivity contribution >= 4 is 23.4 Å². The Kier molecular flexibility index (Phi) is 12.2. The molecule has 54 heavy (non-hydrogen) atoms. The zero-order valence-corrected chi connectivity index (χ0v) is 32.2. The van der Waals surface area contributed by atoms with Gasteiger partial charge in [-0.25, -0.2) is 0 Å². The van der Waals surface area contributed by atoms with Crippen molar-refractivity contribution in [2.45, 2.75) is 90.3 Å². The molecule has 0 spiro atoms. The first-order chi connectivity index (χ1) is 25.9. The number of rotatable bonds is 12. The third-order valence-corrected chi connectivity index (χ3v) is 11.7. The first-order valence-corrected chi connectivity index (χ1v) is 19.2. The second-order valence-electron chi connectivity index (χ2n) is 16.2. The van der Waals surface area contributed by atoms with Gasteiger partial charge in [0.25, 0.3) is 5.91 Å². The minimum atomic E-state index is -0.782. The summed E-state index contributed by atoms with van der Waals surface area (Å²) in [6.07, 6.45) is 6.77. The number of aryl methyl sites for hydroxylation is 1.